The molecular formula is C22H16N6OS2. The molecule has 0 aliphatic heterocycles. The highest BCUT2D eigenvalue weighted by Gasteiger charge is 2.23. The second-order valence-corrected chi connectivity index (χ2v) is 9.10. The van der Waals surface area contributed by atoms with Crippen LogP contribution < -0.4 is 5.32 Å². The van der Waals surface area contributed by atoms with Crippen LogP contribution in [0, 0.1) is 11.3 Å². The smallest absolute Gasteiger partial charge is 0.238 e. The minimum absolute atomic E-state index is 0.184. The van der Waals surface area contributed by atoms with Crippen molar-refractivity contribution < 1.29 is 4.79 Å². The molecule has 0 radical (unpaired) electrons. The molecule has 5 rings (SSSR count). The summed E-state index contributed by atoms with van der Waals surface area (Å²) in [6.45, 7) is 1.93. The maximum absolute atomic E-state index is 13.0. The fourth-order valence-electron chi connectivity index (χ4n) is 3.44. The van der Waals surface area contributed by atoms with Crippen molar-refractivity contribution in [3.8, 4) is 6.07 Å². The first-order chi connectivity index (χ1) is 15.2. The van der Waals surface area contributed by atoms with Gasteiger partial charge in [-0.3, -0.25) is 4.79 Å². The van der Waals surface area contributed by atoms with Gasteiger partial charge in [-0.1, -0.05) is 55.1 Å². The molecule has 31 heavy (non-hydrogen) atoms. The summed E-state index contributed by atoms with van der Waals surface area (Å²) in [5.74, 6) is -0.184. The van der Waals surface area contributed by atoms with Gasteiger partial charge in [-0.25, -0.2) is 4.98 Å². The molecule has 152 valence electrons. The monoisotopic (exact) mass is 444 g/mol. The van der Waals surface area contributed by atoms with Gasteiger partial charge in [0.2, 0.25) is 11.1 Å². The highest BCUT2D eigenvalue weighted by Crippen LogP contribution is 2.36. The molecule has 1 unspecified atom stereocenters. The van der Waals surface area contributed by atoms with E-state index >= 15 is 0 Å². The molecule has 2 N–H and O–H groups in total. The first-order valence-electron chi connectivity index (χ1n) is 9.68. The van der Waals surface area contributed by atoms with E-state index in [1.165, 1.54) is 23.1 Å². The Bertz CT molecular complexity index is 1480. The second-order valence-electron chi connectivity index (χ2n) is 6.88. The summed E-state index contributed by atoms with van der Waals surface area (Å²) >= 11 is 2.67. The number of aromatic nitrogens is 4. The Balaban J connectivity index is 1.40. The molecule has 5 aromatic rings. The van der Waals surface area contributed by atoms with Crippen molar-refractivity contribution in [1.82, 2.24) is 20.2 Å². The number of para-hydroxylation sites is 1. The number of amides is 1. The van der Waals surface area contributed by atoms with Gasteiger partial charge >= 0.3 is 0 Å². The maximum atomic E-state index is 13.0. The Kier molecular flexibility index (Phi) is 5.02. The summed E-state index contributed by atoms with van der Waals surface area (Å²) in [6.07, 6.45) is 0.581. The van der Waals surface area contributed by atoms with Crippen LogP contribution >= 0.6 is 23.1 Å². The SMILES string of the molecule is CCC(Sc1nnc2c(n1)[nH]c1ccccc12)C(=O)Nc1sc2ccccc2c1C#N. The summed E-state index contributed by atoms with van der Waals surface area (Å²) in [6, 6.07) is 17.7. The number of anilines is 1. The normalized spacial score (nSPS) is 12.3. The van der Waals surface area contributed by atoms with Gasteiger partial charge in [-0.2, -0.15) is 5.26 Å². The van der Waals surface area contributed by atoms with Crippen molar-refractivity contribution in [2.75, 3.05) is 5.32 Å². The molecule has 0 fully saturated rings. The number of carbonyl (C=O) groups excluding carboxylic acids is 1. The number of carbonyl (C=O) groups is 1. The number of H-pyrrole nitrogens is 1. The van der Waals surface area contributed by atoms with Gasteiger partial charge in [0.25, 0.3) is 0 Å². The Morgan fingerprint density at radius 2 is 1.97 bits per heavy atom. The number of nitriles is 1. The standard InChI is InChI=1S/C22H16N6OS2/c1-2-16(20(29)26-21-14(11-23)12-7-4-6-10-17(12)30-21)31-22-25-19-18(27-28-22)13-8-3-5-9-15(13)24-19/h3-10,16H,2H2,1H3,(H,26,29)(H,24,25,28). The van der Waals surface area contributed by atoms with Crippen LogP contribution in [0.5, 0.6) is 0 Å². The molecule has 7 nitrogen and oxygen atoms in total. The lowest BCUT2D eigenvalue weighted by atomic mass is 10.2. The Morgan fingerprint density at radius 3 is 2.77 bits per heavy atom. The molecule has 2 aromatic carbocycles. The van der Waals surface area contributed by atoms with Crippen LogP contribution in [-0.4, -0.2) is 31.3 Å². The fraction of sp³-hybridized carbons (Fsp3) is 0.136. The van der Waals surface area contributed by atoms with Crippen LogP contribution in [0.3, 0.4) is 0 Å². The number of thioether (sulfide) groups is 1. The summed E-state index contributed by atoms with van der Waals surface area (Å²) < 4.78 is 0.965. The molecule has 3 heterocycles. The van der Waals surface area contributed by atoms with Crippen molar-refractivity contribution in [2.24, 2.45) is 0 Å². The fourth-order valence-corrected chi connectivity index (χ4v) is 5.32. The largest absolute Gasteiger partial charge is 0.338 e. The maximum Gasteiger partial charge on any atom is 0.238 e. The Labute approximate surface area is 185 Å². The third kappa shape index (κ3) is 3.50. The molecule has 9 heteroatoms. The predicted octanol–water partition coefficient (Wildman–Crippen LogP) is 5.10. The van der Waals surface area contributed by atoms with Gasteiger partial charge in [0.15, 0.2) is 5.65 Å². The van der Waals surface area contributed by atoms with Gasteiger partial charge in [-0.15, -0.1) is 21.5 Å². The first-order valence-corrected chi connectivity index (χ1v) is 11.4. The van der Waals surface area contributed by atoms with Crippen molar-refractivity contribution in [2.45, 2.75) is 23.8 Å². The van der Waals surface area contributed by atoms with Crippen LogP contribution in [0.25, 0.3) is 32.2 Å². The minimum Gasteiger partial charge on any atom is -0.338 e. The van der Waals surface area contributed by atoms with Crippen LogP contribution in [0.1, 0.15) is 18.9 Å². The number of hydrogen-bond donors (Lipinski definition) is 2. The second kappa shape index (κ2) is 7.98. The van der Waals surface area contributed by atoms with Gasteiger partial charge in [0, 0.05) is 21.0 Å². The van der Waals surface area contributed by atoms with E-state index in [9.17, 15) is 10.1 Å². The van der Waals surface area contributed by atoms with E-state index in [4.69, 9.17) is 0 Å². The van der Waals surface area contributed by atoms with E-state index in [1.54, 1.807) is 0 Å². The minimum atomic E-state index is -0.416. The highest BCUT2D eigenvalue weighted by atomic mass is 32.2. The van der Waals surface area contributed by atoms with E-state index in [2.05, 4.69) is 31.6 Å². The van der Waals surface area contributed by atoms with Gasteiger partial charge < -0.3 is 10.3 Å². The molecule has 1 atom stereocenters. The van der Waals surface area contributed by atoms with Gasteiger partial charge in [-0.05, 0) is 18.6 Å². The average Bonchev–Trinajstić information content (AvgIpc) is 3.34. The molecule has 0 spiro atoms. The lowest BCUT2D eigenvalue weighted by molar-refractivity contribution is -0.115. The third-order valence-corrected chi connectivity index (χ3v) is 7.26. The quantitative estimate of drug-likeness (QED) is 0.365. The third-order valence-electron chi connectivity index (χ3n) is 4.96. The van der Waals surface area contributed by atoms with Crippen LogP contribution in [-0.2, 0) is 4.79 Å². The summed E-state index contributed by atoms with van der Waals surface area (Å²) in [5.41, 5.74) is 2.79. The lowest BCUT2D eigenvalue weighted by Crippen LogP contribution is -2.24. The molecule has 0 saturated carbocycles. The topological polar surface area (TPSA) is 107 Å². The number of benzene rings is 2. The first kappa shape index (κ1) is 19.5. The molecular weight excluding hydrogens is 428 g/mol. The number of aromatic amines is 1. The summed E-state index contributed by atoms with van der Waals surface area (Å²) in [4.78, 5) is 20.8. The van der Waals surface area contributed by atoms with Crippen molar-refractivity contribution in [3.63, 3.8) is 0 Å². The van der Waals surface area contributed by atoms with E-state index in [0.717, 1.165) is 21.0 Å². The summed E-state index contributed by atoms with van der Waals surface area (Å²) in [7, 11) is 0. The van der Waals surface area contributed by atoms with E-state index < -0.39 is 5.25 Å². The summed E-state index contributed by atoms with van der Waals surface area (Å²) in [5, 5.41) is 23.5. The lowest BCUT2D eigenvalue weighted by Gasteiger charge is -2.12. The average molecular weight is 445 g/mol. The molecule has 3 aromatic heterocycles. The number of hydrogen-bond acceptors (Lipinski definition) is 7. The van der Waals surface area contributed by atoms with Crippen molar-refractivity contribution >= 4 is 66.2 Å². The van der Waals surface area contributed by atoms with Crippen LogP contribution in [0.4, 0.5) is 5.00 Å². The highest BCUT2D eigenvalue weighted by molar-refractivity contribution is 8.00. The Hall–Kier alpha value is -3.48. The van der Waals surface area contributed by atoms with Gasteiger partial charge in [0.05, 0.1) is 10.8 Å². The van der Waals surface area contributed by atoms with Crippen molar-refractivity contribution in [3.05, 3.63) is 54.1 Å². The number of thiophene rings is 1. The molecule has 1 amide bonds. The van der Waals surface area contributed by atoms with Crippen LogP contribution in [0.15, 0.2) is 53.7 Å². The van der Waals surface area contributed by atoms with Crippen molar-refractivity contribution in [1.29, 1.82) is 5.26 Å². The zero-order chi connectivity index (χ0) is 21.4. The molecule has 0 saturated heterocycles. The van der Waals surface area contributed by atoms with Gasteiger partial charge in [0.1, 0.15) is 16.6 Å². The molecule has 0 aliphatic carbocycles. The molecule has 0 aliphatic rings. The zero-order valence-corrected chi connectivity index (χ0v) is 18.0. The Morgan fingerprint density at radius 1 is 1.19 bits per heavy atom. The number of rotatable bonds is 5. The number of nitrogens with zero attached hydrogens (tertiary/aromatic N) is 4. The zero-order valence-electron chi connectivity index (χ0n) is 16.4. The van der Waals surface area contributed by atoms with E-state index in [0.29, 0.717) is 33.3 Å². The number of fused-ring (bicyclic) bond motifs is 4. The van der Waals surface area contributed by atoms with E-state index in [1.807, 2.05) is 55.5 Å². The predicted molar refractivity (Wildman–Crippen MR) is 124 cm³/mol. The van der Waals surface area contributed by atoms with E-state index in [-0.39, 0.29) is 5.91 Å². The number of nitrogens with one attached hydrogen (secondary N) is 2. The van der Waals surface area contributed by atoms with Crippen LogP contribution in [0.2, 0.25) is 0 Å². The molecule has 0 bridgehead atoms.